The van der Waals surface area contributed by atoms with Crippen LogP contribution >= 0.6 is 0 Å². The van der Waals surface area contributed by atoms with Crippen LogP contribution < -0.4 is 5.14 Å². The third-order valence-electron chi connectivity index (χ3n) is 4.63. The van der Waals surface area contributed by atoms with Gasteiger partial charge in [-0.05, 0) is 61.5 Å². The quantitative estimate of drug-likeness (QED) is 0.538. The van der Waals surface area contributed by atoms with Gasteiger partial charge in [0.15, 0.2) is 0 Å². The Hall–Kier alpha value is -3.42. The van der Waals surface area contributed by atoms with Crippen molar-refractivity contribution in [3.63, 3.8) is 0 Å². The molecule has 0 unspecified atom stereocenters. The van der Waals surface area contributed by atoms with Gasteiger partial charge in [0.1, 0.15) is 5.75 Å². The molecule has 0 bridgehead atoms. The molecule has 29 heavy (non-hydrogen) atoms. The second-order valence-electron chi connectivity index (χ2n) is 6.78. The first-order valence-electron chi connectivity index (χ1n) is 8.91. The minimum absolute atomic E-state index is 0.0454. The Bertz CT molecular complexity index is 1260. The van der Waals surface area contributed by atoms with Crippen molar-refractivity contribution in [1.82, 2.24) is 9.78 Å². The van der Waals surface area contributed by atoms with E-state index in [4.69, 9.17) is 10.2 Å². The molecule has 7 heteroatoms. The Morgan fingerprint density at radius 2 is 1.45 bits per heavy atom. The zero-order valence-electron chi connectivity index (χ0n) is 15.6. The van der Waals surface area contributed by atoms with Crippen LogP contribution in [0.5, 0.6) is 5.75 Å². The van der Waals surface area contributed by atoms with Crippen molar-refractivity contribution in [2.45, 2.75) is 11.8 Å². The predicted molar refractivity (Wildman–Crippen MR) is 112 cm³/mol. The van der Waals surface area contributed by atoms with E-state index < -0.39 is 10.0 Å². The van der Waals surface area contributed by atoms with E-state index in [0.29, 0.717) is 5.69 Å². The van der Waals surface area contributed by atoms with Gasteiger partial charge < -0.3 is 5.11 Å². The van der Waals surface area contributed by atoms with Crippen molar-refractivity contribution in [3.8, 4) is 34.0 Å². The van der Waals surface area contributed by atoms with Gasteiger partial charge in [0, 0.05) is 11.1 Å². The first-order chi connectivity index (χ1) is 13.8. The highest BCUT2D eigenvalue weighted by atomic mass is 32.2. The topological polar surface area (TPSA) is 98.2 Å². The summed E-state index contributed by atoms with van der Waals surface area (Å²) in [6.07, 6.45) is 0. The normalized spacial score (nSPS) is 11.5. The van der Waals surface area contributed by atoms with Crippen molar-refractivity contribution in [3.05, 3.63) is 84.4 Å². The fourth-order valence-electron chi connectivity index (χ4n) is 3.06. The maximum absolute atomic E-state index is 11.6. The molecule has 6 nitrogen and oxygen atoms in total. The van der Waals surface area contributed by atoms with Crippen molar-refractivity contribution in [2.75, 3.05) is 0 Å². The Morgan fingerprint density at radius 1 is 0.862 bits per heavy atom. The van der Waals surface area contributed by atoms with E-state index in [1.807, 2.05) is 37.3 Å². The van der Waals surface area contributed by atoms with Crippen LogP contribution in [0.3, 0.4) is 0 Å². The number of phenols is 1. The summed E-state index contributed by atoms with van der Waals surface area (Å²) >= 11 is 0. The number of phenolic OH excluding ortho intramolecular Hbond substituents is 1. The molecule has 0 aliphatic rings. The van der Waals surface area contributed by atoms with E-state index in [0.717, 1.165) is 28.1 Å². The average molecular weight is 405 g/mol. The molecule has 3 aromatic carbocycles. The van der Waals surface area contributed by atoms with Gasteiger partial charge in [-0.15, -0.1) is 0 Å². The maximum atomic E-state index is 11.6. The first kappa shape index (κ1) is 18.9. The van der Waals surface area contributed by atoms with Gasteiger partial charge in [-0.3, -0.25) is 0 Å². The largest absolute Gasteiger partial charge is 0.508 e. The van der Waals surface area contributed by atoms with Gasteiger partial charge in [-0.25, -0.2) is 18.2 Å². The molecule has 0 radical (unpaired) electrons. The molecule has 0 aliphatic heterocycles. The Kier molecular flexibility index (Phi) is 4.70. The van der Waals surface area contributed by atoms with Gasteiger partial charge in [0.05, 0.1) is 22.0 Å². The van der Waals surface area contributed by atoms with Gasteiger partial charge in [-0.2, -0.15) is 5.10 Å². The highest BCUT2D eigenvalue weighted by Gasteiger charge is 2.14. The lowest BCUT2D eigenvalue weighted by molar-refractivity contribution is 0.475. The minimum atomic E-state index is -3.76. The third-order valence-corrected chi connectivity index (χ3v) is 5.56. The molecule has 0 saturated carbocycles. The van der Waals surface area contributed by atoms with Crippen molar-refractivity contribution in [2.24, 2.45) is 5.14 Å². The molecule has 0 fully saturated rings. The number of hydrogen-bond acceptors (Lipinski definition) is 4. The van der Waals surface area contributed by atoms with Crippen LogP contribution in [-0.4, -0.2) is 23.3 Å². The molecule has 4 aromatic rings. The summed E-state index contributed by atoms with van der Waals surface area (Å²) in [7, 11) is -3.76. The molecule has 0 saturated heterocycles. The smallest absolute Gasteiger partial charge is 0.238 e. The Labute approximate surface area is 168 Å². The molecule has 1 heterocycles. The van der Waals surface area contributed by atoms with E-state index >= 15 is 0 Å². The number of rotatable bonds is 4. The third kappa shape index (κ3) is 3.91. The number of aryl methyl sites for hydroxylation is 1. The molecule has 1 aromatic heterocycles. The molecular weight excluding hydrogens is 386 g/mol. The summed E-state index contributed by atoms with van der Waals surface area (Å²) in [5.74, 6) is 0.186. The fraction of sp³-hybridized carbons (Fsp3) is 0.0455. The maximum Gasteiger partial charge on any atom is 0.238 e. The zero-order chi connectivity index (χ0) is 20.6. The van der Waals surface area contributed by atoms with Gasteiger partial charge >= 0.3 is 0 Å². The number of benzene rings is 3. The lowest BCUT2D eigenvalue weighted by atomic mass is 10.1. The van der Waals surface area contributed by atoms with Gasteiger partial charge in [0.2, 0.25) is 10.0 Å². The van der Waals surface area contributed by atoms with E-state index in [9.17, 15) is 13.5 Å². The summed E-state index contributed by atoms with van der Waals surface area (Å²) in [6, 6.07) is 23.1. The number of nitrogens with zero attached hydrogens (tertiary/aromatic N) is 2. The summed E-state index contributed by atoms with van der Waals surface area (Å²) in [4.78, 5) is 0.0454. The van der Waals surface area contributed by atoms with E-state index in [-0.39, 0.29) is 10.6 Å². The SMILES string of the molecule is Cc1ccc(-c2cc(-c3ccc(O)cc3)nn2-c2ccc(S(N)(=O)=O)cc2)cc1. The Morgan fingerprint density at radius 3 is 2.03 bits per heavy atom. The zero-order valence-corrected chi connectivity index (χ0v) is 16.5. The number of aromatic nitrogens is 2. The van der Waals surface area contributed by atoms with Crippen molar-refractivity contribution >= 4 is 10.0 Å². The minimum Gasteiger partial charge on any atom is -0.508 e. The van der Waals surface area contributed by atoms with Crippen LogP contribution in [0.1, 0.15) is 5.56 Å². The fourth-order valence-corrected chi connectivity index (χ4v) is 3.57. The number of hydrogen-bond donors (Lipinski definition) is 2. The lowest BCUT2D eigenvalue weighted by Gasteiger charge is -2.08. The molecule has 4 rings (SSSR count). The first-order valence-corrected chi connectivity index (χ1v) is 10.5. The van der Waals surface area contributed by atoms with E-state index in [1.54, 1.807) is 41.1 Å². The van der Waals surface area contributed by atoms with Crippen LogP contribution in [0.15, 0.2) is 83.8 Å². The number of sulfonamides is 1. The van der Waals surface area contributed by atoms with Gasteiger partial charge in [-0.1, -0.05) is 29.8 Å². The number of primary sulfonamides is 1. The highest BCUT2D eigenvalue weighted by molar-refractivity contribution is 7.89. The summed E-state index contributed by atoms with van der Waals surface area (Å²) in [5, 5.41) is 19.5. The molecule has 0 spiro atoms. The molecule has 3 N–H and O–H groups in total. The average Bonchev–Trinajstić information content (AvgIpc) is 3.14. The monoisotopic (exact) mass is 405 g/mol. The Balaban J connectivity index is 1.86. The molecule has 0 aliphatic carbocycles. The van der Waals surface area contributed by atoms with Crippen LogP contribution in [-0.2, 0) is 10.0 Å². The second kappa shape index (κ2) is 7.20. The van der Waals surface area contributed by atoms with Crippen molar-refractivity contribution < 1.29 is 13.5 Å². The molecule has 0 amide bonds. The van der Waals surface area contributed by atoms with E-state index in [2.05, 4.69) is 0 Å². The molecular formula is C22H19N3O3S. The highest BCUT2D eigenvalue weighted by Crippen LogP contribution is 2.30. The van der Waals surface area contributed by atoms with Crippen LogP contribution in [0, 0.1) is 6.92 Å². The predicted octanol–water partition coefficient (Wildman–Crippen LogP) is 3.87. The van der Waals surface area contributed by atoms with E-state index in [1.165, 1.54) is 12.1 Å². The van der Waals surface area contributed by atoms with Crippen molar-refractivity contribution in [1.29, 1.82) is 0 Å². The summed E-state index contributed by atoms with van der Waals surface area (Å²) < 4.78 is 24.9. The van der Waals surface area contributed by atoms with Crippen LogP contribution in [0.2, 0.25) is 0 Å². The standard InChI is InChI=1S/C22H19N3O3S/c1-15-2-4-17(5-3-15)22-14-21(16-6-10-19(26)11-7-16)24-25(22)18-8-12-20(13-9-18)29(23,27)28/h2-14,26H,1H3,(H2,23,27,28). The summed E-state index contributed by atoms with van der Waals surface area (Å²) in [6.45, 7) is 2.02. The van der Waals surface area contributed by atoms with Crippen LogP contribution in [0.25, 0.3) is 28.2 Å². The molecule has 146 valence electrons. The van der Waals surface area contributed by atoms with Gasteiger partial charge in [0.25, 0.3) is 0 Å². The van der Waals surface area contributed by atoms with Crippen LogP contribution in [0.4, 0.5) is 0 Å². The summed E-state index contributed by atoms with van der Waals surface area (Å²) in [5.41, 5.74) is 5.28. The number of nitrogens with two attached hydrogens (primary N) is 1. The molecule has 0 atom stereocenters. The second-order valence-corrected chi connectivity index (χ2v) is 8.34. The number of aromatic hydroxyl groups is 1. The lowest BCUT2D eigenvalue weighted by Crippen LogP contribution is -2.12.